The molecule has 0 amide bonds. The van der Waals surface area contributed by atoms with E-state index < -0.39 is 0 Å². The van der Waals surface area contributed by atoms with Crippen molar-refractivity contribution in [2.45, 2.75) is 77.0 Å². The molecule has 0 saturated carbocycles. The van der Waals surface area contributed by atoms with Crippen LogP contribution in [0.4, 0.5) is 0 Å². The Labute approximate surface area is 155 Å². The molecule has 0 aliphatic rings. The molecular formula is C22H38ClN. The Hall–Kier alpha value is -0.790. The number of alkyl halides is 1. The van der Waals surface area contributed by atoms with E-state index in [1.54, 1.807) is 0 Å². The number of halogens is 1. The predicted octanol–water partition coefficient (Wildman–Crippen LogP) is 7.09. The van der Waals surface area contributed by atoms with Crippen LogP contribution >= 0.6 is 11.6 Å². The van der Waals surface area contributed by atoms with Gasteiger partial charge in [0.2, 0.25) is 0 Å². The van der Waals surface area contributed by atoms with Crippen molar-refractivity contribution in [1.82, 2.24) is 0 Å². The summed E-state index contributed by atoms with van der Waals surface area (Å²) in [7, 11) is 0. The summed E-state index contributed by atoms with van der Waals surface area (Å²) in [5, 5.41) is 0. The zero-order chi connectivity index (χ0) is 17.6. The van der Waals surface area contributed by atoms with Crippen LogP contribution in [-0.2, 0) is 0 Å². The van der Waals surface area contributed by atoms with Crippen molar-refractivity contribution < 1.29 is 0 Å². The fourth-order valence-corrected chi connectivity index (χ4v) is 2.53. The molecule has 0 fully saturated rings. The number of allylic oxidation sites excluding steroid dienone is 8. The van der Waals surface area contributed by atoms with Crippen molar-refractivity contribution in [3.05, 3.63) is 48.6 Å². The lowest BCUT2D eigenvalue weighted by molar-refractivity contribution is 0.639. The molecule has 0 saturated heterocycles. The van der Waals surface area contributed by atoms with E-state index in [0.29, 0.717) is 0 Å². The van der Waals surface area contributed by atoms with Gasteiger partial charge in [-0.15, -0.1) is 11.6 Å². The summed E-state index contributed by atoms with van der Waals surface area (Å²) in [5.41, 5.74) is 5.46. The average molecular weight is 352 g/mol. The first kappa shape index (κ1) is 23.2. The molecule has 2 heteroatoms. The van der Waals surface area contributed by atoms with Crippen molar-refractivity contribution in [3.63, 3.8) is 0 Å². The zero-order valence-corrected chi connectivity index (χ0v) is 16.2. The topological polar surface area (TPSA) is 26.0 Å². The Morgan fingerprint density at radius 1 is 0.500 bits per heavy atom. The largest absolute Gasteiger partial charge is 0.330 e. The highest BCUT2D eigenvalue weighted by Gasteiger charge is 1.88. The Kier molecular flexibility index (Phi) is 21.5. The van der Waals surface area contributed by atoms with Crippen molar-refractivity contribution in [2.24, 2.45) is 5.73 Å². The third-order valence-electron chi connectivity index (χ3n) is 3.81. The smallest absolute Gasteiger partial charge is 0.0223 e. The lowest BCUT2D eigenvalue weighted by Crippen LogP contribution is -1.96. The maximum atomic E-state index is 5.66. The van der Waals surface area contributed by atoms with E-state index in [2.05, 4.69) is 48.6 Å². The molecule has 0 aromatic carbocycles. The van der Waals surface area contributed by atoms with Crippen LogP contribution in [0.5, 0.6) is 0 Å². The average Bonchev–Trinajstić information content (AvgIpc) is 2.60. The Balaban J connectivity index is 3.33. The molecule has 138 valence electrons. The van der Waals surface area contributed by atoms with Crippen molar-refractivity contribution >= 4 is 11.6 Å². The van der Waals surface area contributed by atoms with Crippen LogP contribution in [0.3, 0.4) is 0 Å². The molecule has 0 aliphatic carbocycles. The highest BCUT2D eigenvalue weighted by molar-refractivity contribution is 6.17. The highest BCUT2D eigenvalue weighted by atomic mass is 35.5. The van der Waals surface area contributed by atoms with Crippen LogP contribution in [-0.4, -0.2) is 12.4 Å². The van der Waals surface area contributed by atoms with E-state index in [-0.39, 0.29) is 0 Å². The van der Waals surface area contributed by atoms with Gasteiger partial charge in [0.05, 0.1) is 0 Å². The summed E-state index contributed by atoms with van der Waals surface area (Å²) >= 11 is 5.66. The minimum absolute atomic E-state index is 0.810. The summed E-state index contributed by atoms with van der Waals surface area (Å²) in [4.78, 5) is 0. The van der Waals surface area contributed by atoms with Gasteiger partial charge in [-0.05, 0) is 64.3 Å². The van der Waals surface area contributed by atoms with Crippen LogP contribution in [0.25, 0.3) is 0 Å². The monoisotopic (exact) mass is 351 g/mol. The summed E-state index contributed by atoms with van der Waals surface area (Å²) in [6.07, 6.45) is 32.4. The van der Waals surface area contributed by atoms with Gasteiger partial charge in [0.1, 0.15) is 0 Å². The second-order valence-electron chi connectivity index (χ2n) is 6.12. The van der Waals surface area contributed by atoms with Crippen LogP contribution in [0.1, 0.15) is 77.0 Å². The minimum atomic E-state index is 0.810. The summed E-state index contributed by atoms with van der Waals surface area (Å²) in [5.74, 6) is 0.813. The van der Waals surface area contributed by atoms with E-state index >= 15 is 0 Å². The van der Waals surface area contributed by atoms with Crippen LogP contribution in [0, 0.1) is 0 Å². The molecule has 0 aromatic heterocycles. The second-order valence-corrected chi connectivity index (χ2v) is 6.50. The van der Waals surface area contributed by atoms with Crippen LogP contribution in [0.15, 0.2) is 48.6 Å². The lowest BCUT2D eigenvalue weighted by atomic mass is 10.1. The Bertz CT molecular complexity index is 342. The van der Waals surface area contributed by atoms with Crippen molar-refractivity contribution in [3.8, 4) is 0 Å². The van der Waals surface area contributed by atoms with Gasteiger partial charge in [-0.3, -0.25) is 0 Å². The number of unbranched alkanes of at least 4 members (excludes halogenated alkanes) is 7. The number of nitrogens with two attached hydrogens (primary N) is 1. The fourth-order valence-electron chi connectivity index (χ4n) is 2.34. The molecule has 2 N–H and O–H groups in total. The maximum absolute atomic E-state index is 5.66. The van der Waals surface area contributed by atoms with Gasteiger partial charge >= 0.3 is 0 Å². The third-order valence-corrected chi connectivity index (χ3v) is 4.08. The normalized spacial score (nSPS) is 12.6. The molecule has 0 radical (unpaired) electrons. The first-order chi connectivity index (χ1) is 11.9. The first-order valence-electron chi connectivity index (χ1n) is 9.77. The van der Waals surface area contributed by atoms with Gasteiger partial charge in [0.15, 0.2) is 0 Å². The zero-order valence-electron chi connectivity index (χ0n) is 15.5. The predicted molar refractivity (Wildman–Crippen MR) is 112 cm³/mol. The van der Waals surface area contributed by atoms with Gasteiger partial charge in [-0.2, -0.15) is 0 Å². The molecule has 0 heterocycles. The van der Waals surface area contributed by atoms with Crippen LogP contribution < -0.4 is 5.73 Å². The standard InChI is InChI=1S/C22H38ClN/c23-21-19-17-15-13-11-9-7-5-3-1-2-4-6-8-10-12-14-16-18-20-22-24/h1-2,5-8,12,14H,3-4,9-11,13,15-22,24H2/b2-1-,7-5-,8-6-,14-12-. The van der Waals surface area contributed by atoms with E-state index in [1.807, 2.05) is 0 Å². The first-order valence-corrected chi connectivity index (χ1v) is 10.3. The van der Waals surface area contributed by atoms with Gasteiger partial charge < -0.3 is 5.73 Å². The van der Waals surface area contributed by atoms with E-state index in [0.717, 1.165) is 44.5 Å². The summed E-state index contributed by atoms with van der Waals surface area (Å²) in [6.45, 7) is 0.810. The second kappa shape index (κ2) is 22.2. The quantitative estimate of drug-likeness (QED) is 0.169. The van der Waals surface area contributed by atoms with E-state index in [1.165, 1.54) is 44.9 Å². The van der Waals surface area contributed by atoms with Crippen molar-refractivity contribution in [2.75, 3.05) is 12.4 Å². The number of hydrogen-bond donors (Lipinski definition) is 1. The minimum Gasteiger partial charge on any atom is -0.330 e. The molecule has 0 spiro atoms. The molecule has 0 rings (SSSR count). The fraction of sp³-hybridized carbons (Fsp3) is 0.636. The Morgan fingerprint density at radius 3 is 1.42 bits per heavy atom. The molecule has 0 aliphatic heterocycles. The highest BCUT2D eigenvalue weighted by Crippen LogP contribution is 2.06. The number of rotatable bonds is 17. The third kappa shape index (κ3) is 21.2. The molecule has 0 unspecified atom stereocenters. The molecule has 0 bridgehead atoms. The molecular weight excluding hydrogens is 314 g/mol. The van der Waals surface area contributed by atoms with Gasteiger partial charge in [-0.25, -0.2) is 0 Å². The van der Waals surface area contributed by atoms with E-state index in [9.17, 15) is 0 Å². The molecule has 0 aromatic rings. The summed E-state index contributed by atoms with van der Waals surface area (Å²) in [6, 6.07) is 0. The maximum Gasteiger partial charge on any atom is 0.0223 e. The van der Waals surface area contributed by atoms with E-state index in [4.69, 9.17) is 17.3 Å². The van der Waals surface area contributed by atoms with Crippen LogP contribution in [0.2, 0.25) is 0 Å². The van der Waals surface area contributed by atoms with Gasteiger partial charge in [0, 0.05) is 5.88 Å². The number of hydrogen-bond acceptors (Lipinski definition) is 1. The molecule has 24 heavy (non-hydrogen) atoms. The van der Waals surface area contributed by atoms with Gasteiger partial charge in [-0.1, -0.05) is 67.9 Å². The van der Waals surface area contributed by atoms with Crippen molar-refractivity contribution in [1.29, 1.82) is 0 Å². The molecule has 1 nitrogen and oxygen atoms in total. The Morgan fingerprint density at radius 2 is 0.917 bits per heavy atom. The SMILES string of the molecule is NCCCC/C=C\C/C=C\C/C=C\C/C=C\CCCCCCCCl. The van der Waals surface area contributed by atoms with Gasteiger partial charge in [0.25, 0.3) is 0 Å². The summed E-state index contributed by atoms with van der Waals surface area (Å²) < 4.78 is 0. The molecule has 0 atom stereocenters. The lowest BCUT2D eigenvalue weighted by Gasteiger charge is -1.96.